The van der Waals surface area contributed by atoms with Gasteiger partial charge in [0.15, 0.2) is 5.43 Å². The Bertz CT molecular complexity index is 531. The molecule has 0 spiro atoms. The quantitative estimate of drug-likeness (QED) is 0.795. The van der Waals surface area contributed by atoms with Gasteiger partial charge in [-0.25, -0.2) is 0 Å². The van der Waals surface area contributed by atoms with Gasteiger partial charge in [0.05, 0.1) is 6.04 Å². The number of nitrogens with one attached hydrogen (secondary N) is 2. The molecule has 1 unspecified atom stereocenters. The second-order valence-corrected chi connectivity index (χ2v) is 3.38. The Kier molecular flexibility index (Phi) is 2.82. The molecule has 2 heterocycles. The number of rotatable bonds is 3. The first-order chi connectivity index (χ1) is 7.72. The molecule has 1 atom stereocenters. The average molecular weight is 220 g/mol. The van der Waals surface area contributed by atoms with Crippen LogP contribution in [0.3, 0.4) is 0 Å². The van der Waals surface area contributed by atoms with Crippen molar-refractivity contribution in [3.63, 3.8) is 0 Å². The van der Waals surface area contributed by atoms with Gasteiger partial charge in [0.2, 0.25) is 5.89 Å². The maximum absolute atomic E-state index is 11.5. The van der Waals surface area contributed by atoms with Crippen LogP contribution >= 0.6 is 0 Å². The lowest BCUT2D eigenvalue weighted by Gasteiger charge is -2.02. The van der Waals surface area contributed by atoms with Gasteiger partial charge in [-0.2, -0.15) is 0 Å². The van der Waals surface area contributed by atoms with Crippen molar-refractivity contribution in [1.82, 2.24) is 20.5 Å². The van der Waals surface area contributed by atoms with Crippen molar-refractivity contribution < 1.29 is 4.42 Å². The van der Waals surface area contributed by atoms with Gasteiger partial charge in [-0.1, -0.05) is 0 Å². The van der Waals surface area contributed by atoms with Crippen LogP contribution in [0.25, 0.3) is 11.5 Å². The largest absolute Gasteiger partial charge is 0.419 e. The van der Waals surface area contributed by atoms with Gasteiger partial charge in [0.1, 0.15) is 5.56 Å². The molecule has 0 aromatic carbocycles. The molecule has 2 aromatic rings. The highest BCUT2D eigenvalue weighted by molar-refractivity contribution is 5.49. The lowest BCUT2D eigenvalue weighted by molar-refractivity contribution is 0.441. The van der Waals surface area contributed by atoms with Gasteiger partial charge >= 0.3 is 0 Å². The van der Waals surface area contributed by atoms with Crippen LogP contribution in [0.15, 0.2) is 27.7 Å². The van der Waals surface area contributed by atoms with Crippen LogP contribution in [-0.2, 0) is 0 Å². The summed E-state index contributed by atoms with van der Waals surface area (Å²) in [6, 6.07) is 1.38. The van der Waals surface area contributed by atoms with Crippen molar-refractivity contribution in [2.45, 2.75) is 13.0 Å². The summed E-state index contributed by atoms with van der Waals surface area (Å²) >= 11 is 0. The normalized spacial score (nSPS) is 12.6. The van der Waals surface area contributed by atoms with Crippen LogP contribution in [0.2, 0.25) is 0 Å². The number of H-pyrrole nitrogens is 1. The average Bonchev–Trinajstić information content (AvgIpc) is 2.78. The molecule has 2 rings (SSSR count). The van der Waals surface area contributed by atoms with E-state index in [1.807, 2.05) is 6.92 Å². The van der Waals surface area contributed by atoms with Gasteiger partial charge in [-0.15, -0.1) is 10.2 Å². The van der Waals surface area contributed by atoms with Crippen molar-refractivity contribution in [2.24, 2.45) is 0 Å². The molecule has 0 saturated carbocycles. The fourth-order valence-electron chi connectivity index (χ4n) is 1.23. The number of nitrogens with zero attached hydrogens (tertiary/aromatic N) is 2. The molecule has 2 N–H and O–H groups in total. The highest BCUT2D eigenvalue weighted by Crippen LogP contribution is 2.16. The maximum Gasteiger partial charge on any atom is 0.253 e. The molecule has 0 bridgehead atoms. The minimum atomic E-state index is -0.147. The van der Waals surface area contributed by atoms with Crippen LogP contribution in [0, 0.1) is 0 Å². The van der Waals surface area contributed by atoms with Crippen LogP contribution in [0.4, 0.5) is 0 Å². The van der Waals surface area contributed by atoms with Gasteiger partial charge in [-0.05, 0) is 14.0 Å². The summed E-state index contributed by atoms with van der Waals surface area (Å²) in [6.45, 7) is 1.90. The van der Waals surface area contributed by atoms with Crippen molar-refractivity contribution in [3.8, 4) is 11.5 Å². The zero-order valence-corrected chi connectivity index (χ0v) is 9.02. The third-order valence-corrected chi connectivity index (χ3v) is 2.30. The van der Waals surface area contributed by atoms with Crippen LogP contribution in [0.5, 0.6) is 0 Å². The molecule has 0 radical (unpaired) electrons. The molecule has 6 heteroatoms. The highest BCUT2D eigenvalue weighted by atomic mass is 16.4. The molecule has 0 aliphatic rings. The summed E-state index contributed by atoms with van der Waals surface area (Å²) in [5, 5.41) is 10.7. The Labute approximate surface area is 91.7 Å². The maximum atomic E-state index is 11.5. The summed E-state index contributed by atoms with van der Waals surface area (Å²) in [5.41, 5.74) is 0.232. The third kappa shape index (κ3) is 1.87. The standard InChI is InChI=1S/C10H12N4O2/c1-6(11-2)9-13-14-10(16-9)7-5-12-4-3-8(7)15/h3-6,11H,1-2H3,(H,12,15). The Balaban J connectivity index is 2.39. The number of hydrogen-bond acceptors (Lipinski definition) is 5. The lowest BCUT2D eigenvalue weighted by atomic mass is 10.3. The van der Waals surface area contributed by atoms with E-state index in [9.17, 15) is 4.79 Å². The van der Waals surface area contributed by atoms with E-state index in [0.717, 1.165) is 0 Å². The van der Waals surface area contributed by atoms with Gasteiger partial charge in [0.25, 0.3) is 5.89 Å². The number of pyridine rings is 1. The third-order valence-electron chi connectivity index (χ3n) is 2.30. The Hall–Kier alpha value is -1.95. The van der Waals surface area contributed by atoms with E-state index in [0.29, 0.717) is 11.5 Å². The van der Waals surface area contributed by atoms with Crippen molar-refractivity contribution in [3.05, 3.63) is 34.6 Å². The molecule has 0 saturated heterocycles. The minimum absolute atomic E-state index is 0.0379. The van der Waals surface area contributed by atoms with E-state index >= 15 is 0 Å². The smallest absolute Gasteiger partial charge is 0.253 e. The summed E-state index contributed by atoms with van der Waals surface area (Å²) in [6.07, 6.45) is 3.10. The fraction of sp³-hybridized carbons (Fsp3) is 0.300. The number of aromatic amines is 1. The van der Waals surface area contributed by atoms with E-state index in [-0.39, 0.29) is 17.4 Å². The molecule has 2 aromatic heterocycles. The monoisotopic (exact) mass is 220 g/mol. The molecule has 0 aliphatic carbocycles. The molecule has 0 amide bonds. The van der Waals surface area contributed by atoms with Crippen molar-refractivity contribution in [2.75, 3.05) is 7.05 Å². The van der Waals surface area contributed by atoms with E-state index in [4.69, 9.17) is 4.42 Å². The predicted octanol–water partition coefficient (Wildman–Crippen LogP) is 0.705. The van der Waals surface area contributed by atoms with E-state index in [1.165, 1.54) is 6.07 Å². The molecule has 0 aliphatic heterocycles. The van der Waals surface area contributed by atoms with Gasteiger partial charge < -0.3 is 14.7 Å². The number of hydrogen-bond donors (Lipinski definition) is 2. The Morgan fingerprint density at radius 2 is 2.31 bits per heavy atom. The van der Waals surface area contributed by atoms with Crippen LogP contribution in [0.1, 0.15) is 18.9 Å². The van der Waals surface area contributed by atoms with Gasteiger partial charge in [0, 0.05) is 18.5 Å². The molecule has 0 fully saturated rings. The fourth-order valence-corrected chi connectivity index (χ4v) is 1.23. The molecular formula is C10H12N4O2. The van der Waals surface area contributed by atoms with E-state index < -0.39 is 0 Å². The zero-order chi connectivity index (χ0) is 11.5. The second kappa shape index (κ2) is 4.28. The Morgan fingerprint density at radius 3 is 3.00 bits per heavy atom. The van der Waals surface area contributed by atoms with E-state index in [2.05, 4.69) is 20.5 Å². The minimum Gasteiger partial charge on any atom is -0.419 e. The first-order valence-electron chi connectivity index (χ1n) is 4.90. The molecular weight excluding hydrogens is 208 g/mol. The summed E-state index contributed by atoms with van der Waals surface area (Å²) in [7, 11) is 1.80. The summed E-state index contributed by atoms with van der Waals surface area (Å²) in [4.78, 5) is 14.3. The molecule has 16 heavy (non-hydrogen) atoms. The topological polar surface area (TPSA) is 83.8 Å². The molecule has 84 valence electrons. The summed E-state index contributed by atoms with van der Waals surface area (Å²) in [5.74, 6) is 0.694. The first kappa shape index (κ1) is 10.6. The van der Waals surface area contributed by atoms with Crippen LogP contribution in [-0.4, -0.2) is 22.2 Å². The Morgan fingerprint density at radius 1 is 1.50 bits per heavy atom. The molecule has 6 nitrogen and oxygen atoms in total. The lowest BCUT2D eigenvalue weighted by Crippen LogP contribution is -2.12. The SMILES string of the molecule is CNC(C)c1nnc(-c2c[nH]ccc2=O)o1. The summed E-state index contributed by atoms with van der Waals surface area (Å²) < 4.78 is 5.40. The first-order valence-corrected chi connectivity index (χ1v) is 4.90. The highest BCUT2D eigenvalue weighted by Gasteiger charge is 2.14. The van der Waals surface area contributed by atoms with E-state index in [1.54, 1.807) is 19.4 Å². The van der Waals surface area contributed by atoms with Crippen molar-refractivity contribution >= 4 is 0 Å². The van der Waals surface area contributed by atoms with Gasteiger partial charge in [-0.3, -0.25) is 4.79 Å². The predicted molar refractivity (Wildman–Crippen MR) is 57.8 cm³/mol. The van der Waals surface area contributed by atoms with Crippen LogP contribution < -0.4 is 10.7 Å². The van der Waals surface area contributed by atoms with Crippen molar-refractivity contribution in [1.29, 1.82) is 0 Å². The zero-order valence-electron chi connectivity index (χ0n) is 9.02. The number of aromatic nitrogens is 3. The second-order valence-electron chi connectivity index (χ2n) is 3.38.